The van der Waals surface area contributed by atoms with Crippen molar-refractivity contribution in [2.75, 3.05) is 6.54 Å². The summed E-state index contributed by atoms with van der Waals surface area (Å²) in [6.07, 6.45) is 0.193. The lowest BCUT2D eigenvalue weighted by Crippen LogP contribution is -2.54. The fourth-order valence-electron chi connectivity index (χ4n) is 3.51. The van der Waals surface area contributed by atoms with Gasteiger partial charge in [-0.2, -0.15) is 0 Å². The molecule has 3 atom stereocenters. The van der Waals surface area contributed by atoms with Crippen LogP contribution in [0, 0.1) is 5.92 Å². The van der Waals surface area contributed by atoms with Crippen LogP contribution in [-0.2, 0) is 20.9 Å². The summed E-state index contributed by atoms with van der Waals surface area (Å²) in [4.78, 5) is 38.0. The zero-order valence-electron chi connectivity index (χ0n) is 20.5. The molecule has 3 amide bonds. The van der Waals surface area contributed by atoms with Crippen molar-refractivity contribution in [2.45, 2.75) is 65.1 Å². The molecule has 1 unspecified atom stereocenters. The van der Waals surface area contributed by atoms with Crippen molar-refractivity contribution in [3.63, 3.8) is 0 Å². The van der Waals surface area contributed by atoms with Crippen molar-refractivity contribution < 1.29 is 19.1 Å². The van der Waals surface area contributed by atoms with Crippen LogP contribution in [0.1, 0.15) is 57.6 Å². The van der Waals surface area contributed by atoms with E-state index in [0.29, 0.717) is 19.4 Å². The van der Waals surface area contributed by atoms with Crippen LogP contribution in [0.15, 0.2) is 60.7 Å². The second kappa shape index (κ2) is 14.0. The predicted molar refractivity (Wildman–Crippen MR) is 133 cm³/mol. The van der Waals surface area contributed by atoms with Gasteiger partial charge in [0.05, 0.1) is 0 Å². The lowest BCUT2D eigenvalue weighted by atomic mass is 10.0. The van der Waals surface area contributed by atoms with Gasteiger partial charge in [0.2, 0.25) is 11.8 Å². The molecule has 7 heteroatoms. The number of ether oxygens (including phenoxy) is 1. The smallest absolute Gasteiger partial charge is 0.408 e. The van der Waals surface area contributed by atoms with Crippen molar-refractivity contribution in [3.05, 3.63) is 71.8 Å². The second-order valence-corrected chi connectivity index (χ2v) is 8.91. The highest BCUT2D eigenvalue weighted by Gasteiger charge is 2.27. The standard InChI is InChI=1S/C27H37N3O4/c1-5-23(25(31)28-17-20(4)22-14-10-7-11-15-22)29-26(32)24(16-19(2)3)30-27(33)34-18-21-12-8-6-9-13-21/h6-15,19-20,23-24H,5,16-18H2,1-4H3,(H,28,31)(H,29,32)(H,30,33)/t20?,23-,24-/m0/s1. The lowest BCUT2D eigenvalue weighted by Gasteiger charge is -2.24. The summed E-state index contributed by atoms with van der Waals surface area (Å²) in [7, 11) is 0. The van der Waals surface area contributed by atoms with Crippen LogP contribution in [0.25, 0.3) is 0 Å². The van der Waals surface area contributed by atoms with Crippen LogP contribution in [0.3, 0.4) is 0 Å². The first-order valence-electron chi connectivity index (χ1n) is 11.9. The molecule has 0 saturated carbocycles. The molecule has 0 saturated heterocycles. The van der Waals surface area contributed by atoms with Gasteiger partial charge in [0.25, 0.3) is 0 Å². The normalized spacial score (nSPS) is 13.4. The third-order valence-electron chi connectivity index (χ3n) is 5.52. The summed E-state index contributed by atoms with van der Waals surface area (Å²) < 4.78 is 5.27. The van der Waals surface area contributed by atoms with E-state index in [2.05, 4.69) is 16.0 Å². The molecule has 3 N–H and O–H groups in total. The maximum Gasteiger partial charge on any atom is 0.408 e. The molecule has 184 valence electrons. The molecule has 2 aromatic rings. The Hall–Kier alpha value is -3.35. The quantitative estimate of drug-likeness (QED) is 0.437. The van der Waals surface area contributed by atoms with Crippen LogP contribution < -0.4 is 16.0 Å². The Morgan fingerprint density at radius 3 is 2.03 bits per heavy atom. The fraction of sp³-hybridized carbons (Fsp3) is 0.444. The Morgan fingerprint density at radius 2 is 1.44 bits per heavy atom. The van der Waals surface area contributed by atoms with E-state index in [4.69, 9.17) is 4.74 Å². The van der Waals surface area contributed by atoms with Gasteiger partial charge in [-0.05, 0) is 35.8 Å². The van der Waals surface area contributed by atoms with E-state index in [1.165, 1.54) is 0 Å². The molecule has 0 spiro atoms. The number of amides is 3. The van der Waals surface area contributed by atoms with Gasteiger partial charge in [-0.25, -0.2) is 4.79 Å². The van der Waals surface area contributed by atoms with Crippen LogP contribution in [0.5, 0.6) is 0 Å². The van der Waals surface area contributed by atoms with E-state index in [9.17, 15) is 14.4 Å². The van der Waals surface area contributed by atoms with Crippen LogP contribution >= 0.6 is 0 Å². The number of hydrogen-bond acceptors (Lipinski definition) is 4. The maximum atomic E-state index is 13.0. The molecule has 0 fully saturated rings. The number of alkyl carbamates (subject to hydrolysis) is 1. The average molecular weight is 468 g/mol. The van der Waals surface area contributed by atoms with Gasteiger partial charge in [0, 0.05) is 6.54 Å². The third kappa shape index (κ3) is 9.25. The minimum atomic E-state index is -0.798. The molecule has 0 bridgehead atoms. The van der Waals surface area contributed by atoms with Crippen molar-refractivity contribution >= 4 is 17.9 Å². The molecule has 7 nitrogen and oxygen atoms in total. The minimum absolute atomic E-state index is 0.113. The number of carbonyl (C=O) groups excluding carboxylic acids is 3. The summed E-state index contributed by atoms with van der Waals surface area (Å²) in [5.41, 5.74) is 1.99. The number of hydrogen-bond donors (Lipinski definition) is 3. The Bertz CT molecular complexity index is 903. The summed E-state index contributed by atoms with van der Waals surface area (Å²) in [6, 6.07) is 17.8. The number of nitrogens with one attached hydrogen (secondary N) is 3. The van der Waals surface area contributed by atoms with E-state index < -0.39 is 24.1 Å². The Balaban J connectivity index is 1.90. The van der Waals surface area contributed by atoms with Crippen molar-refractivity contribution in [3.8, 4) is 0 Å². The fourth-order valence-corrected chi connectivity index (χ4v) is 3.51. The first-order valence-corrected chi connectivity index (χ1v) is 11.9. The number of carbonyl (C=O) groups is 3. The molecule has 0 aliphatic rings. The highest BCUT2D eigenvalue weighted by Crippen LogP contribution is 2.13. The average Bonchev–Trinajstić information content (AvgIpc) is 2.84. The Labute approximate surface area is 202 Å². The maximum absolute atomic E-state index is 13.0. The topological polar surface area (TPSA) is 96.5 Å². The van der Waals surface area contributed by atoms with Crippen LogP contribution in [0.2, 0.25) is 0 Å². The monoisotopic (exact) mass is 467 g/mol. The minimum Gasteiger partial charge on any atom is -0.445 e. The molecule has 0 aliphatic heterocycles. The molecule has 0 radical (unpaired) electrons. The van der Waals surface area contributed by atoms with Crippen molar-refractivity contribution in [2.24, 2.45) is 5.92 Å². The highest BCUT2D eigenvalue weighted by atomic mass is 16.5. The largest absolute Gasteiger partial charge is 0.445 e. The molecular weight excluding hydrogens is 430 g/mol. The van der Waals surface area contributed by atoms with Crippen molar-refractivity contribution in [1.29, 1.82) is 0 Å². The summed E-state index contributed by atoms with van der Waals surface area (Å²) in [5, 5.41) is 8.38. The van der Waals surface area contributed by atoms with Gasteiger partial charge in [0.15, 0.2) is 0 Å². The molecule has 2 aromatic carbocycles. The third-order valence-corrected chi connectivity index (χ3v) is 5.52. The first-order chi connectivity index (χ1) is 16.3. The van der Waals surface area contributed by atoms with E-state index in [-0.39, 0.29) is 24.3 Å². The van der Waals surface area contributed by atoms with Gasteiger partial charge < -0.3 is 20.7 Å². The first kappa shape index (κ1) is 26.9. The summed E-state index contributed by atoms with van der Waals surface area (Å²) in [6.45, 7) is 8.39. The zero-order valence-corrected chi connectivity index (χ0v) is 20.5. The zero-order chi connectivity index (χ0) is 24.9. The Kier molecular flexibility index (Phi) is 11.1. The molecule has 0 heterocycles. The van der Waals surface area contributed by atoms with E-state index >= 15 is 0 Å². The number of benzene rings is 2. The summed E-state index contributed by atoms with van der Waals surface area (Å²) >= 11 is 0. The lowest BCUT2D eigenvalue weighted by molar-refractivity contribution is -0.130. The van der Waals surface area contributed by atoms with Gasteiger partial charge in [-0.15, -0.1) is 0 Å². The molecular formula is C27H37N3O4. The molecule has 2 rings (SSSR count). The SMILES string of the molecule is CC[C@H](NC(=O)[C@H](CC(C)C)NC(=O)OCc1ccccc1)C(=O)NCC(C)c1ccccc1. The van der Waals surface area contributed by atoms with E-state index in [1.54, 1.807) is 0 Å². The van der Waals surface area contributed by atoms with Gasteiger partial charge in [-0.1, -0.05) is 88.4 Å². The van der Waals surface area contributed by atoms with Crippen LogP contribution in [0.4, 0.5) is 4.79 Å². The highest BCUT2D eigenvalue weighted by molar-refractivity contribution is 5.91. The van der Waals surface area contributed by atoms with E-state index in [0.717, 1.165) is 11.1 Å². The number of rotatable bonds is 12. The van der Waals surface area contributed by atoms with Gasteiger partial charge in [0.1, 0.15) is 18.7 Å². The second-order valence-electron chi connectivity index (χ2n) is 8.91. The Morgan fingerprint density at radius 1 is 0.824 bits per heavy atom. The van der Waals surface area contributed by atoms with Crippen molar-refractivity contribution in [1.82, 2.24) is 16.0 Å². The molecule has 0 aliphatic carbocycles. The van der Waals surface area contributed by atoms with Gasteiger partial charge >= 0.3 is 6.09 Å². The van der Waals surface area contributed by atoms with Gasteiger partial charge in [-0.3, -0.25) is 9.59 Å². The summed E-state index contributed by atoms with van der Waals surface area (Å²) in [5.74, 6) is -0.337. The van der Waals surface area contributed by atoms with Crippen LogP contribution in [-0.4, -0.2) is 36.5 Å². The molecule has 0 aromatic heterocycles. The van der Waals surface area contributed by atoms with E-state index in [1.807, 2.05) is 88.4 Å². The molecule has 34 heavy (non-hydrogen) atoms. The predicted octanol–water partition coefficient (Wildman–Crippen LogP) is 4.14.